The van der Waals surface area contributed by atoms with Gasteiger partial charge in [-0.05, 0) is 32.4 Å². The molecule has 0 spiro atoms. The molecule has 4 heteroatoms. The molecular formula is C14H16N2O2. The van der Waals surface area contributed by atoms with E-state index in [2.05, 4.69) is 23.2 Å². The van der Waals surface area contributed by atoms with Crippen LogP contribution in [0.2, 0.25) is 0 Å². The van der Waals surface area contributed by atoms with Crippen LogP contribution in [0.4, 0.5) is 0 Å². The fourth-order valence-corrected chi connectivity index (χ4v) is 1.96. The van der Waals surface area contributed by atoms with Gasteiger partial charge in [0.15, 0.2) is 0 Å². The molecule has 0 aliphatic heterocycles. The Balaban J connectivity index is 2.45. The van der Waals surface area contributed by atoms with Crippen LogP contribution >= 0.6 is 0 Å². The SMILES string of the molecule is Cc1ccc(C)c(-c2cn(CC(=O)O)c(C)n2)c1. The van der Waals surface area contributed by atoms with E-state index in [0.717, 1.165) is 16.8 Å². The summed E-state index contributed by atoms with van der Waals surface area (Å²) < 4.78 is 1.65. The lowest BCUT2D eigenvalue weighted by Gasteiger charge is -2.03. The highest BCUT2D eigenvalue weighted by Crippen LogP contribution is 2.23. The number of carboxylic acids is 1. The topological polar surface area (TPSA) is 55.1 Å². The van der Waals surface area contributed by atoms with E-state index < -0.39 is 5.97 Å². The predicted octanol–water partition coefficient (Wildman–Crippen LogP) is 2.56. The summed E-state index contributed by atoms with van der Waals surface area (Å²) in [4.78, 5) is 15.2. The number of imidazole rings is 1. The Bertz CT molecular complexity index is 600. The van der Waals surface area contributed by atoms with Crippen LogP contribution in [0.1, 0.15) is 17.0 Å². The first-order chi connectivity index (χ1) is 8.47. The Kier molecular flexibility index (Phi) is 3.19. The fourth-order valence-electron chi connectivity index (χ4n) is 1.96. The zero-order chi connectivity index (χ0) is 13.3. The molecule has 2 rings (SSSR count). The second-order valence-electron chi connectivity index (χ2n) is 4.51. The molecule has 2 aromatic rings. The molecule has 0 atom stereocenters. The van der Waals surface area contributed by atoms with Crippen LogP contribution in [0.3, 0.4) is 0 Å². The van der Waals surface area contributed by atoms with Crippen molar-refractivity contribution >= 4 is 5.97 Å². The third-order valence-electron chi connectivity index (χ3n) is 2.95. The minimum atomic E-state index is -0.858. The Hall–Kier alpha value is -2.10. The van der Waals surface area contributed by atoms with Crippen molar-refractivity contribution in [3.05, 3.63) is 41.3 Å². The Morgan fingerprint density at radius 3 is 2.72 bits per heavy atom. The number of benzene rings is 1. The maximum Gasteiger partial charge on any atom is 0.323 e. The molecule has 0 saturated carbocycles. The van der Waals surface area contributed by atoms with Gasteiger partial charge in [-0.1, -0.05) is 17.7 Å². The van der Waals surface area contributed by atoms with Crippen LogP contribution in [-0.4, -0.2) is 20.6 Å². The van der Waals surface area contributed by atoms with Gasteiger partial charge in [0.2, 0.25) is 0 Å². The number of carbonyl (C=O) groups is 1. The van der Waals surface area contributed by atoms with Gasteiger partial charge in [-0.3, -0.25) is 4.79 Å². The molecule has 0 fully saturated rings. The summed E-state index contributed by atoms with van der Waals surface area (Å²) in [5.74, 6) is -0.142. The molecule has 0 amide bonds. The first-order valence-electron chi connectivity index (χ1n) is 5.80. The Morgan fingerprint density at radius 1 is 1.33 bits per heavy atom. The van der Waals surface area contributed by atoms with Crippen molar-refractivity contribution in [1.82, 2.24) is 9.55 Å². The van der Waals surface area contributed by atoms with Gasteiger partial charge < -0.3 is 9.67 Å². The molecule has 1 aromatic carbocycles. The first kappa shape index (κ1) is 12.4. The average molecular weight is 244 g/mol. The summed E-state index contributed by atoms with van der Waals surface area (Å²) in [5, 5.41) is 8.82. The minimum Gasteiger partial charge on any atom is -0.480 e. The summed E-state index contributed by atoms with van der Waals surface area (Å²) >= 11 is 0. The Labute approximate surface area is 106 Å². The maximum atomic E-state index is 10.7. The van der Waals surface area contributed by atoms with Crippen molar-refractivity contribution in [3.63, 3.8) is 0 Å². The lowest BCUT2D eigenvalue weighted by molar-refractivity contribution is -0.137. The molecule has 0 saturated heterocycles. The van der Waals surface area contributed by atoms with Gasteiger partial charge in [0.25, 0.3) is 0 Å². The fraction of sp³-hybridized carbons (Fsp3) is 0.286. The third-order valence-corrected chi connectivity index (χ3v) is 2.95. The molecule has 0 aliphatic rings. The zero-order valence-electron chi connectivity index (χ0n) is 10.8. The summed E-state index contributed by atoms with van der Waals surface area (Å²) in [7, 11) is 0. The molecule has 0 aliphatic carbocycles. The number of carboxylic acid groups (broad SMARTS) is 1. The molecule has 0 bridgehead atoms. The van der Waals surface area contributed by atoms with E-state index in [1.54, 1.807) is 10.8 Å². The van der Waals surface area contributed by atoms with Crippen LogP contribution in [0, 0.1) is 20.8 Å². The monoisotopic (exact) mass is 244 g/mol. The van der Waals surface area contributed by atoms with Gasteiger partial charge in [0, 0.05) is 11.8 Å². The first-order valence-corrected chi connectivity index (χ1v) is 5.80. The van der Waals surface area contributed by atoms with Gasteiger partial charge in [-0.25, -0.2) is 4.98 Å². The van der Waals surface area contributed by atoms with Crippen LogP contribution in [0.25, 0.3) is 11.3 Å². The van der Waals surface area contributed by atoms with E-state index in [9.17, 15) is 4.79 Å². The van der Waals surface area contributed by atoms with Crippen molar-refractivity contribution in [2.45, 2.75) is 27.3 Å². The highest BCUT2D eigenvalue weighted by molar-refractivity contribution is 5.68. The van der Waals surface area contributed by atoms with E-state index in [-0.39, 0.29) is 6.54 Å². The van der Waals surface area contributed by atoms with Crippen molar-refractivity contribution in [2.24, 2.45) is 0 Å². The van der Waals surface area contributed by atoms with Crippen molar-refractivity contribution in [1.29, 1.82) is 0 Å². The van der Waals surface area contributed by atoms with Crippen LogP contribution < -0.4 is 0 Å². The summed E-state index contributed by atoms with van der Waals surface area (Å²) in [6.45, 7) is 5.83. The molecule has 1 N–H and O–H groups in total. The zero-order valence-corrected chi connectivity index (χ0v) is 10.8. The number of hydrogen-bond acceptors (Lipinski definition) is 2. The predicted molar refractivity (Wildman–Crippen MR) is 69.5 cm³/mol. The van der Waals surface area contributed by atoms with Gasteiger partial charge >= 0.3 is 5.97 Å². The number of hydrogen-bond donors (Lipinski definition) is 1. The van der Waals surface area contributed by atoms with E-state index in [0.29, 0.717) is 5.82 Å². The van der Waals surface area contributed by atoms with Crippen LogP contribution in [0.15, 0.2) is 24.4 Å². The summed E-state index contributed by atoms with van der Waals surface area (Å²) in [6, 6.07) is 6.18. The lowest BCUT2D eigenvalue weighted by atomic mass is 10.0. The van der Waals surface area contributed by atoms with Crippen LogP contribution in [-0.2, 0) is 11.3 Å². The molecule has 4 nitrogen and oxygen atoms in total. The molecular weight excluding hydrogens is 228 g/mol. The molecule has 18 heavy (non-hydrogen) atoms. The number of rotatable bonds is 3. The van der Waals surface area contributed by atoms with E-state index in [1.807, 2.05) is 20.8 Å². The number of aromatic nitrogens is 2. The van der Waals surface area contributed by atoms with Crippen molar-refractivity contribution < 1.29 is 9.90 Å². The van der Waals surface area contributed by atoms with Gasteiger partial charge in [0.05, 0.1) is 5.69 Å². The summed E-state index contributed by atoms with van der Waals surface area (Å²) in [5.41, 5.74) is 4.19. The smallest absolute Gasteiger partial charge is 0.323 e. The molecule has 0 radical (unpaired) electrons. The van der Waals surface area contributed by atoms with Crippen molar-refractivity contribution in [2.75, 3.05) is 0 Å². The normalized spacial score (nSPS) is 10.6. The number of nitrogens with zero attached hydrogens (tertiary/aromatic N) is 2. The van der Waals surface area contributed by atoms with Crippen molar-refractivity contribution in [3.8, 4) is 11.3 Å². The van der Waals surface area contributed by atoms with E-state index >= 15 is 0 Å². The number of aryl methyl sites for hydroxylation is 3. The highest BCUT2D eigenvalue weighted by atomic mass is 16.4. The average Bonchev–Trinajstić information content (AvgIpc) is 2.63. The molecule has 1 heterocycles. The van der Waals surface area contributed by atoms with Gasteiger partial charge in [0.1, 0.15) is 12.4 Å². The highest BCUT2D eigenvalue weighted by Gasteiger charge is 2.10. The molecule has 94 valence electrons. The summed E-state index contributed by atoms with van der Waals surface area (Å²) in [6.07, 6.45) is 1.80. The quantitative estimate of drug-likeness (QED) is 0.902. The van der Waals surface area contributed by atoms with Gasteiger partial charge in [-0.15, -0.1) is 0 Å². The third kappa shape index (κ3) is 2.42. The second-order valence-corrected chi connectivity index (χ2v) is 4.51. The number of aliphatic carboxylic acids is 1. The van der Waals surface area contributed by atoms with Crippen LogP contribution in [0.5, 0.6) is 0 Å². The van der Waals surface area contributed by atoms with Gasteiger partial charge in [-0.2, -0.15) is 0 Å². The molecule has 0 unspecified atom stereocenters. The largest absolute Gasteiger partial charge is 0.480 e. The molecule has 1 aromatic heterocycles. The minimum absolute atomic E-state index is 0.0519. The second kappa shape index (κ2) is 4.64. The Morgan fingerprint density at radius 2 is 2.06 bits per heavy atom. The van der Waals surface area contributed by atoms with E-state index in [1.165, 1.54) is 5.56 Å². The lowest BCUT2D eigenvalue weighted by Crippen LogP contribution is -2.08. The maximum absolute atomic E-state index is 10.7. The standard InChI is InChI=1S/C14H16N2O2/c1-9-4-5-10(2)12(6-9)13-7-16(8-14(17)18)11(3)15-13/h4-7H,8H2,1-3H3,(H,17,18). The van der Waals surface area contributed by atoms with E-state index in [4.69, 9.17) is 5.11 Å².